The molecule has 1 amide bonds. The van der Waals surface area contributed by atoms with Gasteiger partial charge in [-0.3, -0.25) is 9.59 Å². The lowest BCUT2D eigenvalue weighted by atomic mass is 10.0. The van der Waals surface area contributed by atoms with Crippen LogP contribution in [-0.4, -0.2) is 47.4 Å². The average molecular weight is 834 g/mol. The zero-order valence-corrected chi connectivity index (χ0v) is 39.7. The Morgan fingerprint density at radius 3 is 1.15 bits per heavy atom. The maximum Gasteiger partial charge on any atom is 0.305 e. The van der Waals surface area contributed by atoms with E-state index >= 15 is 0 Å². The Morgan fingerprint density at radius 2 is 0.780 bits per heavy atom. The molecule has 6 nitrogen and oxygen atoms in total. The van der Waals surface area contributed by atoms with Gasteiger partial charge in [-0.25, -0.2) is 0 Å². The molecule has 350 valence electrons. The van der Waals surface area contributed by atoms with E-state index in [-0.39, 0.29) is 18.5 Å². The molecule has 0 bridgehead atoms. The summed E-state index contributed by atoms with van der Waals surface area (Å²) in [4.78, 5) is 24.4. The van der Waals surface area contributed by atoms with Gasteiger partial charge in [-0.2, -0.15) is 0 Å². The van der Waals surface area contributed by atoms with Crippen LogP contribution in [0.25, 0.3) is 0 Å². The second kappa shape index (κ2) is 49.3. The van der Waals surface area contributed by atoms with Crippen molar-refractivity contribution in [3.8, 4) is 0 Å². The minimum Gasteiger partial charge on any atom is -0.466 e. The Labute approximate surface area is 368 Å². The van der Waals surface area contributed by atoms with Gasteiger partial charge >= 0.3 is 5.97 Å². The number of aliphatic hydroxyl groups excluding tert-OH is 2. The number of hydrogen-bond donors (Lipinski definition) is 3. The molecule has 59 heavy (non-hydrogen) atoms. The predicted molar refractivity (Wildman–Crippen MR) is 255 cm³/mol. The molecule has 0 rings (SSSR count). The molecule has 0 saturated carbocycles. The van der Waals surface area contributed by atoms with Crippen LogP contribution in [0.3, 0.4) is 0 Å². The molecule has 0 spiro atoms. The van der Waals surface area contributed by atoms with Gasteiger partial charge in [0.05, 0.1) is 25.4 Å². The second-order valence-corrected chi connectivity index (χ2v) is 18.2. The molecule has 0 radical (unpaired) electrons. The highest BCUT2D eigenvalue weighted by atomic mass is 16.5. The number of nitrogens with one attached hydrogen (secondary N) is 1. The Bertz CT molecular complexity index is 878. The van der Waals surface area contributed by atoms with Crippen LogP contribution in [0.1, 0.15) is 290 Å². The third-order valence-electron chi connectivity index (χ3n) is 12.3. The van der Waals surface area contributed by atoms with Crippen molar-refractivity contribution in [2.24, 2.45) is 0 Å². The first-order chi connectivity index (χ1) is 29.0. The number of hydrogen-bond acceptors (Lipinski definition) is 5. The van der Waals surface area contributed by atoms with Crippen molar-refractivity contribution < 1.29 is 24.5 Å². The highest BCUT2D eigenvalue weighted by molar-refractivity contribution is 5.76. The summed E-state index contributed by atoms with van der Waals surface area (Å²) in [7, 11) is 0. The topological polar surface area (TPSA) is 95.9 Å². The molecule has 6 heteroatoms. The normalized spacial score (nSPS) is 12.7. The lowest BCUT2D eigenvalue weighted by Gasteiger charge is -2.20. The molecule has 0 aliphatic carbocycles. The predicted octanol–water partition coefficient (Wildman–Crippen LogP) is 15.7. The fraction of sp³-hybridized carbons (Fsp3) is 0.925. The van der Waals surface area contributed by atoms with E-state index in [2.05, 4.69) is 19.2 Å². The molecule has 0 aliphatic heterocycles. The van der Waals surface area contributed by atoms with E-state index in [0.29, 0.717) is 19.4 Å². The molecule has 2 unspecified atom stereocenters. The molecule has 2 atom stereocenters. The highest BCUT2D eigenvalue weighted by Crippen LogP contribution is 2.17. The smallest absolute Gasteiger partial charge is 0.305 e. The van der Waals surface area contributed by atoms with Crippen molar-refractivity contribution in [1.29, 1.82) is 0 Å². The molecule has 0 heterocycles. The lowest BCUT2D eigenvalue weighted by Crippen LogP contribution is -2.45. The van der Waals surface area contributed by atoms with E-state index in [1.165, 1.54) is 218 Å². The molecule has 0 fully saturated rings. The van der Waals surface area contributed by atoms with Gasteiger partial charge in [0.15, 0.2) is 0 Å². The van der Waals surface area contributed by atoms with E-state index in [1.54, 1.807) is 6.08 Å². The van der Waals surface area contributed by atoms with Gasteiger partial charge in [0, 0.05) is 12.8 Å². The number of amides is 1. The van der Waals surface area contributed by atoms with Gasteiger partial charge < -0.3 is 20.3 Å². The van der Waals surface area contributed by atoms with Crippen LogP contribution in [0, 0.1) is 0 Å². The van der Waals surface area contributed by atoms with Crippen molar-refractivity contribution >= 4 is 11.9 Å². The number of allylic oxidation sites excluding steroid dienone is 1. The summed E-state index contributed by atoms with van der Waals surface area (Å²) in [6.45, 7) is 4.89. The third-order valence-corrected chi connectivity index (χ3v) is 12.3. The molecule has 0 aromatic rings. The van der Waals surface area contributed by atoms with Gasteiger partial charge in [-0.05, 0) is 32.1 Å². The van der Waals surface area contributed by atoms with Gasteiger partial charge in [0.25, 0.3) is 0 Å². The van der Waals surface area contributed by atoms with Crippen LogP contribution in [0.4, 0.5) is 0 Å². The fourth-order valence-corrected chi connectivity index (χ4v) is 8.22. The summed E-state index contributed by atoms with van der Waals surface area (Å²) in [6.07, 6.45) is 56.4. The summed E-state index contributed by atoms with van der Waals surface area (Å²) in [6, 6.07) is -0.630. The Balaban J connectivity index is 3.44. The zero-order valence-electron chi connectivity index (χ0n) is 39.7. The van der Waals surface area contributed by atoms with Crippen molar-refractivity contribution in [3.63, 3.8) is 0 Å². The Morgan fingerprint density at radius 1 is 0.458 bits per heavy atom. The zero-order chi connectivity index (χ0) is 43.0. The van der Waals surface area contributed by atoms with Gasteiger partial charge in [-0.1, -0.05) is 257 Å². The van der Waals surface area contributed by atoms with Crippen LogP contribution in [-0.2, 0) is 14.3 Å². The Hall–Kier alpha value is -1.40. The number of unbranched alkanes of at least 4 members (excludes halogenated alkanes) is 38. The van der Waals surface area contributed by atoms with Gasteiger partial charge in [-0.15, -0.1) is 0 Å². The van der Waals surface area contributed by atoms with Crippen molar-refractivity contribution in [3.05, 3.63) is 12.2 Å². The number of carbonyl (C=O) groups is 2. The lowest BCUT2D eigenvalue weighted by molar-refractivity contribution is -0.143. The maximum absolute atomic E-state index is 12.4. The minimum atomic E-state index is -0.846. The maximum atomic E-state index is 12.4. The van der Waals surface area contributed by atoms with Crippen molar-refractivity contribution in [2.45, 2.75) is 302 Å². The molecule has 0 aromatic carbocycles. The SMILES string of the molecule is CCCCCCCCCCCCCC/C=C/C(O)C(CO)NC(=O)CCCCCCCCCCCCCCCCCCCOC(=O)CCCCCCCCCCCCC. The number of rotatable bonds is 49. The first-order valence-corrected chi connectivity index (χ1v) is 26.5. The number of esters is 1. The van der Waals surface area contributed by atoms with E-state index in [9.17, 15) is 19.8 Å². The van der Waals surface area contributed by atoms with Crippen molar-refractivity contribution in [2.75, 3.05) is 13.2 Å². The summed E-state index contributed by atoms with van der Waals surface area (Å²) in [5.74, 6) is -0.0681. The third kappa shape index (κ3) is 45.9. The monoisotopic (exact) mass is 834 g/mol. The summed E-state index contributed by atoms with van der Waals surface area (Å²) < 4.78 is 5.45. The highest BCUT2D eigenvalue weighted by Gasteiger charge is 2.18. The second-order valence-electron chi connectivity index (χ2n) is 18.2. The van der Waals surface area contributed by atoms with E-state index < -0.39 is 12.1 Å². The van der Waals surface area contributed by atoms with Crippen LogP contribution >= 0.6 is 0 Å². The van der Waals surface area contributed by atoms with Crippen LogP contribution in [0.15, 0.2) is 12.2 Å². The number of carbonyl (C=O) groups excluding carboxylic acids is 2. The molecule has 3 N–H and O–H groups in total. The summed E-state index contributed by atoms with van der Waals surface area (Å²) >= 11 is 0. The fourth-order valence-electron chi connectivity index (χ4n) is 8.22. The van der Waals surface area contributed by atoms with E-state index in [0.717, 1.165) is 44.9 Å². The van der Waals surface area contributed by atoms with Gasteiger partial charge in [0.1, 0.15) is 0 Å². The minimum absolute atomic E-state index is 0.00422. The quantitative estimate of drug-likeness (QED) is 0.0322. The van der Waals surface area contributed by atoms with Crippen LogP contribution < -0.4 is 5.32 Å². The number of ether oxygens (including phenoxy) is 1. The summed E-state index contributed by atoms with van der Waals surface area (Å²) in [5, 5.41) is 23.0. The molecular formula is C53H103NO5. The van der Waals surface area contributed by atoms with E-state index in [4.69, 9.17) is 4.74 Å². The van der Waals surface area contributed by atoms with Gasteiger partial charge in [0.2, 0.25) is 5.91 Å². The largest absolute Gasteiger partial charge is 0.466 e. The molecule has 0 aliphatic rings. The average Bonchev–Trinajstić information content (AvgIpc) is 3.24. The first-order valence-electron chi connectivity index (χ1n) is 26.5. The number of aliphatic hydroxyl groups is 2. The Kier molecular flexibility index (Phi) is 48.1. The first kappa shape index (κ1) is 57.6. The van der Waals surface area contributed by atoms with Crippen molar-refractivity contribution in [1.82, 2.24) is 5.32 Å². The van der Waals surface area contributed by atoms with Crippen LogP contribution in [0.5, 0.6) is 0 Å². The standard InChI is InChI=1S/C53H103NO5/c1-3-5-7-9-11-13-15-16-22-26-29-33-37-41-45-51(56)50(49-55)54-52(57)46-42-38-34-30-27-23-20-18-17-19-21-24-28-32-36-40-44-48-59-53(58)47-43-39-35-31-25-14-12-10-8-6-4-2/h41,45,50-51,55-56H,3-40,42-44,46-49H2,1-2H3,(H,54,57)/b45-41+. The van der Waals surface area contributed by atoms with E-state index in [1.807, 2.05) is 6.08 Å². The molecule has 0 aromatic heterocycles. The van der Waals surface area contributed by atoms with Crippen LogP contribution in [0.2, 0.25) is 0 Å². The molecule has 0 saturated heterocycles. The summed E-state index contributed by atoms with van der Waals surface area (Å²) in [5.41, 5.74) is 0. The molecular weight excluding hydrogens is 731 g/mol.